The number of rotatable bonds is 6. The van der Waals surface area contributed by atoms with Gasteiger partial charge in [0.2, 0.25) is 10.0 Å². The lowest BCUT2D eigenvalue weighted by Crippen LogP contribution is -2.36. The number of esters is 1. The minimum absolute atomic E-state index is 0.00618. The molecule has 1 aliphatic heterocycles. The average molecular weight is 393 g/mol. The Morgan fingerprint density at radius 3 is 2.59 bits per heavy atom. The largest absolute Gasteiger partial charge is 0.452 e. The number of hydrogen-bond donors (Lipinski definition) is 0. The number of nitrogens with zero attached hydrogens (tertiary/aromatic N) is 3. The van der Waals surface area contributed by atoms with Crippen molar-refractivity contribution in [2.45, 2.75) is 50.5 Å². The molecule has 0 radical (unpaired) electrons. The Balaban J connectivity index is 1.77. The minimum Gasteiger partial charge on any atom is -0.452 e. The standard InChI is InChI=1S/C18H23N3O5S/c1-13(2)17-19-16(26-20-17)12-25-18(22)14-8-4-5-9-15(14)27(23,24)21-10-6-3-7-11-21/h4-5,8-9,13H,3,6-7,10-12H2,1-2H3. The zero-order valence-electron chi connectivity index (χ0n) is 15.4. The summed E-state index contributed by atoms with van der Waals surface area (Å²) in [6, 6.07) is 6.09. The summed E-state index contributed by atoms with van der Waals surface area (Å²) < 4.78 is 37.6. The van der Waals surface area contributed by atoms with E-state index in [1.54, 1.807) is 12.1 Å². The molecule has 0 unspecified atom stereocenters. The molecule has 1 fully saturated rings. The third kappa shape index (κ3) is 4.36. The van der Waals surface area contributed by atoms with Crippen LogP contribution < -0.4 is 0 Å². The van der Waals surface area contributed by atoms with Gasteiger partial charge in [0.15, 0.2) is 12.4 Å². The van der Waals surface area contributed by atoms with E-state index >= 15 is 0 Å². The molecule has 0 N–H and O–H groups in total. The van der Waals surface area contributed by atoms with Gasteiger partial charge in [-0.1, -0.05) is 37.6 Å². The van der Waals surface area contributed by atoms with Crippen LogP contribution in [0, 0.1) is 0 Å². The molecule has 0 amide bonds. The van der Waals surface area contributed by atoms with Crippen molar-refractivity contribution in [3.8, 4) is 0 Å². The van der Waals surface area contributed by atoms with Gasteiger partial charge in [0.25, 0.3) is 5.89 Å². The monoisotopic (exact) mass is 393 g/mol. The second kappa shape index (κ2) is 8.18. The second-order valence-corrected chi connectivity index (χ2v) is 8.64. The molecule has 0 aliphatic carbocycles. The third-order valence-electron chi connectivity index (χ3n) is 4.37. The first-order valence-corrected chi connectivity index (χ1v) is 10.4. The summed E-state index contributed by atoms with van der Waals surface area (Å²) in [7, 11) is -3.75. The molecule has 0 saturated carbocycles. The lowest BCUT2D eigenvalue weighted by Gasteiger charge is -2.26. The van der Waals surface area contributed by atoms with Crippen LogP contribution in [-0.2, 0) is 21.4 Å². The Labute approximate surface area is 158 Å². The van der Waals surface area contributed by atoms with Crippen LogP contribution in [-0.4, -0.2) is 41.9 Å². The molecular formula is C18H23N3O5S. The van der Waals surface area contributed by atoms with Gasteiger partial charge in [0.05, 0.1) is 10.5 Å². The number of sulfonamides is 1. The summed E-state index contributed by atoms with van der Waals surface area (Å²) in [4.78, 5) is 16.6. The first kappa shape index (κ1) is 19.5. The molecule has 0 atom stereocenters. The van der Waals surface area contributed by atoms with Crippen LogP contribution in [0.15, 0.2) is 33.7 Å². The van der Waals surface area contributed by atoms with Crippen molar-refractivity contribution in [3.63, 3.8) is 0 Å². The lowest BCUT2D eigenvalue weighted by atomic mass is 10.2. The maximum Gasteiger partial charge on any atom is 0.340 e. The van der Waals surface area contributed by atoms with Crippen LogP contribution in [0.1, 0.15) is 61.1 Å². The molecular weight excluding hydrogens is 370 g/mol. The van der Waals surface area contributed by atoms with Crippen LogP contribution >= 0.6 is 0 Å². The van der Waals surface area contributed by atoms with Gasteiger partial charge in [-0.15, -0.1) is 0 Å². The predicted molar refractivity (Wildman–Crippen MR) is 96.6 cm³/mol. The molecule has 9 heteroatoms. The highest BCUT2D eigenvalue weighted by Gasteiger charge is 2.30. The summed E-state index contributed by atoms with van der Waals surface area (Å²) in [5.74, 6) is 0.0432. The Bertz CT molecular complexity index is 901. The van der Waals surface area contributed by atoms with E-state index in [4.69, 9.17) is 9.26 Å². The topological polar surface area (TPSA) is 103 Å². The molecule has 1 aromatic carbocycles. The minimum atomic E-state index is -3.75. The van der Waals surface area contributed by atoms with Crippen molar-refractivity contribution < 1.29 is 22.5 Å². The summed E-state index contributed by atoms with van der Waals surface area (Å²) >= 11 is 0. The van der Waals surface area contributed by atoms with Crippen molar-refractivity contribution in [1.29, 1.82) is 0 Å². The fourth-order valence-corrected chi connectivity index (χ4v) is 4.57. The molecule has 0 bridgehead atoms. The summed E-state index contributed by atoms with van der Waals surface area (Å²) in [5.41, 5.74) is 0.00618. The fraction of sp³-hybridized carbons (Fsp3) is 0.500. The zero-order chi connectivity index (χ0) is 19.4. The van der Waals surface area contributed by atoms with Crippen LogP contribution in [0.25, 0.3) is 0 Å². The first-order valence-electron chi connectivity index (χ1n) is 8.98. The van der Waals surface area contributed by atoms with E-state index in [1.165, 1.54) is 16.4 Å². The van der Waals surface area contributed by atoms with Gasteiger partial charge in [-0.25, -0.2) is 13.2 Å². The molecule has 2 heterocycles. The Hall–Kier alpha value is -2.26. The lowest BCUT2D eigenvalue weighted by molar-refractivity contribution is 0.0425. The summed E-state index contributed by atoms with van der Waals surface area (Å²) in [5, 5.41) is 3.80. The smallest absolute Gasteiger partial charge is 0.340 e. The van der Waals surface area contributed by atoms with E-state index in [-0.39, 0.29) is 28.9 Å². The zero-order valence-corrected chi connectivity index (χ0v) is 16.2. The van der Waals surface area contributed by atoms with E-state index < -0.39 is 16.0 Å². The van der Waals surface area contributed by atoms with Gasteiger partial charge in [0.1, 0.15) is 0 Å². The first-order chi connectivity index (χ1) is 12.9. The van der Waals surface area contributed by atoms with Gasteiger partial charge in [0, 0.05) is 19.0 Å². The average Bonchev–Trinajstić information content (AvgIpc) is 3.16. The molecule has 2 aromatic rings. The molecule has 146 valence electrons. The molecule has 1 aliphatic rings. The van der Waals surface area contributed by atoms with E-state index in [0.29, 0.717) is 18.9 Å². The molecule has 1 saturated heterocycles. The Morgan fingerprint density at radius 1 is 1.22 bits per heavy atom. The van der Waals surface area contributed by atoms with Gasteiger partial charge in [-0.05, 0) is 25.0 Å². The second-order valence-electron chi connectivity index (χ2n) is 6.74. The highest BCUT2D eigenvalue weighted by Crippen LogP contribution is 2.24. The molecule has 27 heavy (non-hydrogen) atoms. The van der Waals surface area contributed by atoms with Crippen molar-refractivity contribution >= 4 is 16.0 Å². The highest BCUT2D eigenvalue weighted by molar-refractivity contribution is 7.89. The number of benzene rings is 1. The van der Waals surface area contributed by atoms with E-state index in [0.717, 1.165) is 19.3 Å². The van der Waals surface area contributed by atoms with E-state index in [9.17, 15) is 13.2 Å². The Kier molecular flexibility index (Phi) is 5.91. The molecule has 1 aromatic heterocycles. The van der Waals surface area contributed by atoms with Crippen molar-refractivity contribution in [3.05, 3.63) is 41.5 Å². The summed E-state index contributed by atoms with van der Waals surface area (Å²) in [6.45, 7) is 4.55. The fourth-order valence-electron chi connectivity index (χ4n) is 2.87. The number of aromatic nitrogens is 2. The Morgan fingerprint density at radius 2 is 1.93 bits per heavy atom. The van der Waals surface area contributed by atoms with Crippen molar-refractivity contribution in [1.82, 2.24) is 14.4 Å². The van der Waals surface area contributed by atoms with Crippen LogP contribution in [0.2, 0.25) is 0 Å². The maximum atomic E-state index is 12.9. The van der Waals surface area contributed by atoms with Crippen molar-refractivity contribution in [2.75, 3.05) is 13.1 Å². The summed E-state index contributed by atoms with van der Waals surface area (Å²) in [6.07, 6.45) is 2.65. The van der Waals surface area contributed by atoms with Gasteiger partial charge >= 0.3 is 5.97 Å². The van der Waals surface area contributed by atoms with Gasteiger partial charge in [-0.2, -0.15) is 9.29 Å². The quantitative estimate of drug-likeness (QED) is 0.695. The van der Waals surface area contributed by atoms with Crippen LogP contribution in [0.3, 0.4) is 0 Å². The number of carbonyl (C=O) groups is 1. The number of hydrogen-bond acceptors (Lipinski definition) is 7. The molecule has 8 nitrogen and oxygen atoms in total. The van der Waals surface area contributed by atoms with Gasteiger partial charge < -0.3 is 9.26 Å². The van der Waals surface area contributed by atoms with Crippen LogP contribution in [0.4, 0.5) is 0 Å². The number of ether oxygens (including phenoxy) is 1. The molecule has 0 spiro atoms. The van der Waals surface area contributed by atoms with Crippen LogP contribution in [0.5, 0.6) is 0 Å². The normalized spacial score (nSPS) is 15.8. The maximum absolute atomic E-state index is 12.9. The number of carbonyl (C=O) groups excluding carboxylic acids is 1. The van der Waals surface area contributed by atoms with Gasteiger partial charge in [-0.3, -0.25) is 0 Å². The van der Waals surface area contributed by atoms with E-state index in [1.807, 2.05) is 13.8 Å². The number of piperidine rings is 1. The SMILES string of the molecule is CC(C)c1noc(COC(=O)c2ccccc2S(=O)(=O)N2CCCCC2)n1. The third-order valence-corrected chi connectivity index (χ3v) is 6.32. The van der Waals surface area contributed by atoms with E-state index in [2.05, 4.69) is 10.1 Å². The molecule has 3 rings (SSSR count). The highest BCUT2D eigenvalue weighted by atomic mass is 32.2. The predicted octanol–water partition coefficient (Wildman–Crippen LogP) is 2.72. The van der Waals surface area contributed by atoms with Crippen molar-refractivity contribution in [2.24, 2.45) is 0 Å².